The Balaban J connectivity index is 1.93. The van der Waals surface area contributed by atoms with Crippen LogP contribution in [0, 0.1) is 6.92 Å². The molecule has 0 saturated heterocycles. The number of aryl methyl sites for hydroxylation is 1. The third-order valence-corrected chi connectivity index (χ3v) is 3.84. The minimum absolute atomic E-state index is 0.0732. The first-order valence-electron chi connectivity index (χ1n) is 7.75. The average molecular weight is 361 g/mol. The average Bonchev–Trinajstić information content (AvgIpc) is 2.60. The molecule has 0 bridgehead atoms. The van der Waals surface area contributed by atoms with Crippen LogP contribution in [0.25, 0.3) is 5.70 Å². The first-order valence-corrected chi connectivity index (χ1v) is 8.13. The Hall–Kier alpha value is -2.50. The second kappa shape index (κ2) is 9.11. The van der Waals surface area contributed by atoms with Gasteiger partial charge in [-0.2, -0.15) is 0 Å². The molecule has 2 aromatic carbocycles. The molecule has 0 aliphatic rings. The fourth-order valence-corrected chi connectivity index (χ4v) is 2.33. The zero-order valence-electron chi connectivity index (χ0n) is 14.3. The molecule has 0 unspecified atom stereocenters. The van der Waals surface area contributed by atoms with Gasteiger partial charge < -0.3 is 10.1 Å². The number of rotatable bonds is 7. The van der Waals surface area contributed by atoms with E-state index in [-0.39, 0.29) is 6.61 Å². The highest BCUT2D eigenvalue weighted by Crippen LogP contribution is 2.21. The fraction of sp³-hybridized carbons (Fsp3) is 0.211. The zero-order chi connectivity index (χ0) is 18.2. The summed E-state index contributed by atoms with van der Waals surface area (Å²) in [6, 6.07) is 13.4. The van der Waals surface area contributed by atoms with Gasteiger partial charge in [0.2, 0.25) is 0 Å². The summed E-state index contributed by atoms with van der Waals surface area (Å²) >= 11 is 6.13. The smallest absolute Gasteiger partial charge is 0.407 e. The van der Waals surface area contributed by atoms with E-state index in [1.165, 1.54) is 12.6 Å². The maximum absolute atomic E-state index is 11.2. The van der Waals surface area contributed by atoms with Crippen molar-refractivity contribution in [3.8, 4) is 0 Å². The lowest BCUT2D eigenvalue weighted by Crippen LogP contribution is -2.19. The number of amides is 1. The number of ether oxygens (including phenoxy) is 1. The number of alkyl carbamates (subject to hydrolysis) is 1. The van der Waals surface area contributed by atoms with Gasteiger partial charge in [-0.05, 0) is 30.2 Å². The SMILES string of the molecule is C=C(NOCc1cccc(C)c1)c1ccc(Cl)c(COC(=O)NC)c1. The molecule has 6 heteroatoms. The Labute approximate surface area is 152 Å². The molecular weight excluding hydrogens is 340 g/mol. The molecule has 1 amide bonds. The highest BCUT2D eigenvalue weighted by molar-refractivity contribution is 6.31. The van der Waals surface area contributed by atoms with Crippen LogP contribution < -0.4 is 10.8 Å². The van der Waals surface area contributed by atoms with Gasteiger partial charge in [-0.3, -0.25) is 10.3 Å². The van der Waals surface area contributed by atoms with Crippen LogP contribution in [0.2, 0.25) is 5.02 Å². The number of hydroxylamine groups is 1. The predicted octanol–water partition coefficient (Wildman–Crippen LogP) is 4.20. The molecule has 0 fully saturated rings. The highest BCUT2D eigenvalue weighted by Gasteiger charge is 2.07. The Bertz CT molecular complexity index is 762. The normalized spacial score (nSPS) is 10.2. The van der Waals surface area contributed by atoms with E-state index in [0.29, 0.717) is 22.9 Å². The van der Waals surface area contributed by atoms with E-state index in [1.54, 1.807) is 12.1 Å². The van der Waals surface area contributed by atoms with Crippen LogP contribution in [0.5, 0.6) is 0 Å². The van der Waals surface area contributed by atoms with Crippen molar-refractivity contribution in [2.45, 2.75) is 20.1 Å². The van der Waals surface area contributed by atoms with Gasteiger partial charge in [0.15, 0.2) is 0 Å². The Morgan fingerprint density at radius 3 is 2.72 bits per heavy atom. The quantitative estimate of drug-likeness (QED) is 0.726. The summed E-state index contributed by atoms with van der Waals surface area (Å²) in [6.45, 7) is 6.48. The number of nitrogens with one attached hydrogen (secondary N) is 2. The summed E-state index contributed by atoms with van der Waals surface area (Å²) in [5.74, 6) is 0. The zero-order valence-corrected chi connectivity index (χ0v) is 15.0. The number of hydrogen-bond donors (Lipinski definition) is 2. The number of halogens is 1. The minimum atomic E-state index is -0.514. The molecule has 132 valence electrons. The molecule has 2 N–H and O–H groups in total. The van der Waals surface area contributed by atoms with Crippen LogP contribution in [0.4, 0.5) is 4.79 Å². The molecule has 0 radical (unpaired) electrons. The lowest BCUT2D eigenvalue weighted by Gasteiger charge is -2.13. The minimum Gasteiger partial charge on any atom is -0.445 e. The summed E-state index contributed by atoms with van der Waals surface area (Å²) in [5.41, 5.74) is 7.15. The van der Waals surface area contributed by atoms with Crippen molar-refractivity contribution in [2.24, 2.45) is 0 Å². The number of hydrogen-bond acceptors (Lipinski definition) is 4. The largest absolute Gasteiger partial charge is 0.445 e. The van der Waals surface area contributed by atoms with E-state index >= 15 is 0 Å². The monoisotopic (exact) mass is 360 g/mol. The molecule has 25 heavy (non-hydrogen) atoms. The maximum Gasteiger partial charge on any atom is 0.407 e. The van der Waals surface area contributed by atoms with E-state index in [1.807, 2.05) is 31.2 Å². The Morgan fingerprint density at radius 2 is 2.00 bits per heavy atom. The second-order valence-electron chi connectivity index (χ2n) is 5.49. The van der Waals surface area contributed by atoms with E-state index in [0.717, 1.165) is 11.1 Å². The molecule has 0 atom stereocenters. The maximum atomic E-state index is 11.2. The first kappa shape index (κ1) is 18.8. The molecule has 0 heterocycles. The first-order chi connectivity index (χ1) is 12.0. The van der Waals surface area contributed by atoms with Gasteiger partial charge in [0, 0.05) is 17.6 Å². The topological polar surface area (TPSA) is 59.6 Å². The molecule has 5 nitrogen and oxygen atoms in total. The van der Waals surface area contributed by atoms with Gasteiger partial charge in [0.05, 0.1) is 12.3 Å². The van der Waals surface area contributed by atoms with Crippen molar-refractivity contribution in [2.75, 3.05) is 7.05 Å². The van der Waals surface area contributed by atoms with E-state index < -0.39 is 6.09 Å². The molecule has 2 rings (SSSR count). The highest BCUT2D eigenvalue weighted by atomic mass is 35.5. The standard InChI is InChI=1S/C19H21ClN2O3/c1-13-5-4-6-15(9-13)11-25-22-14(2)16-7-8-18(20)17(10-16)12-24-19(23)21-3/h4-10,22H,2,11-12H2,1,3H3,(H,21,23). The van der Waals surface area contributed by atoms with Crippen molar-refractivity contribution in [1.29, 1.82) is 0 Å². The number of carbonyl (C=O) groups is 1. The molecule has 0 saturated carbocycles. The van der Waals surface area contributed by atoms with Crippen LogP contribution in [0.1, 0.15) is 22.3 Å². The third kappa shape index (κ3) is 5.81. The summed E-state index contributed by atoms with van der Waals surface area (Å²) in [7, 11) is 1.50. The Kier molecular flexibility index (Phi) is 6.86. The van der Waals surface area contributed by atoms with Crippen LogP contribution in [0.3, 0.4) is 0 Å². The summed E-state index contributed by atoms with van der Waals surface area (Å²) in [5, 5.41) is 2.90. The molecule has 0 spiro atoms. The predicted molar refractivity (Wildman–Crippen MR) is 98.8 cm³/mol. The number of benzene rings is 2. The molecular formula is C19H21ClN2O3. The van der Waals surface area contributed by atoms with Crippen LogP contribution >= 0.6 is 11.6 Å². The summed E-state index contributed by atoms with van der Waals surface area (Å²) < 4.78 is 5.03. The van der Waals surface area contributed by atoms with E-state index in [4.69, 9.17) is 21.2 Å². The molecule has 0 aliphatic heterocycles. The van der Waals surface area contributed by atoms with Crippen molar-refractivity contribution in [3.63, 3.8) is 0 Å². The van der Waals surface area contributed by atoms with Gasteiger partial charge in [-0.25, -0.2) is 4.79 Å². The van der Waals surface area contributed by atoms with E-state index in [9.17, 15) is 4.79 Å². The van der Waals surface area contributed by atoms with Gasteiger partial charge >= 0.3 is 6.09 Å². The van der Waals surface area contributed by atoms with Gasteiger partial charge in [0.1, 0.15) is 6.61 Å². The van der Waals surface area contributed by atoms with Crippen LogP contribution in [-0.2, 0) is 22.8 Å². The number of carbonyl (C=O) groups excluding carboxylic acids is 1. The fourth-order valence-electron chi connectivity index (χ4n) is 2.16. The van der Waals surface area contributed by atoms with E-state index in [2.05, 4.69) is 23.4 Å². The van der Waals surface area contributed by atoms with Crippen molar-refractivity contribution in [1.82, 2.24) is 10.8 Å². The summed E-state index contributed by atoms with van der Waals surface area (Å²) in [6.07, 6.45) is -0.514. The van der Waals surface area contributed by atoms with Gasteiger partial charge in [0.25, 0.3) is 0 Å². The lowest BCUT2D eigenvalue weighted by atomic mass is 10.1. The van der Waals surface area contributed by atoms with Crippen LogP contribution in [-0.4, -0.2) is 13.1 Å². The second-order valence-corrected chi connectivity index (χ2v) is 5.90. The van der Waals surface area contributed by atoms with Crippen molar-refractivity contribution in [3.05, 3.63) is 76.3 Å². The van der Waals surface area contributed by atoms with Gasteiger partial charge in [-0.15, -0.1) is 0 Å². The van der Waals surface area contributed by atoms with Crippen molar-refractivity contribution < 1.29 is 14.4 Å². The van der Waals surface area contributed by atoms with Crippen LogP contribution in [0.15, 0.2) is 49.0 Å². The molecule has 0 aromatic heterocycles. The lowest BCUT2D eigenvalue weighted by molar-refractivity contribution is 0.0648. The molecule has 0 aliphatic carbocycles. The molecule has 2 aromatic rings. The summed E-state index contributed by atoms with van der Waals surface area (Å²) in [4.78, 5) is 16.7. The Morgan fingerprint density at radius 1 is 1.20 bits per heavy atom. The van der Waals surface area contributed by atoms with Crippen molar-refractivity contribution >= 4 is 23.4 Å². The van der Waals surface area contributed by atoms with Gasteiger partial charge in [-0.1, -0.05) is 54.1 Å². The third-order valence-electron chi connectivity index (χ3n) is 3.47.